The third-order valence-electron chi connectivity index (χ3n) is 6.95. The van der Waals surface area contributed by atoms with Crippen LogP contribution < -0.4 is 5.32 Å². The van der Waals surface area contributed by atoms with Gasteiger partial charge in [-0.2, -0.15) is 0 Å². The molecule has 29 heavy (non-hydrogen) atoms. The van der Waals surface area contributed by atoms with Crippen molar-refractivity contribution in [3.05, 3.63) is 42.1 Å². The van der Waals surface area contributed by atoms with Gasteiger partial charge in [0, 0.05) is 36.8 Å². The molecule has 1 amide bonds. The molecule has 0 spiro atoms. The summed E-state index contributed by atoms with van der Waals surface area (Å²) in [6, 6.07) is 11.8. The number of hydrogen-bond acceptors (Lipinski definition) is 4. The molecule has 3 aliphatic rings. The lowest BCUT2D eigenvalue weighted by Crippen LogP contribution is -2.50. The maximum absolute atomic E-state index is 12.5. The average molecular weight is 393 g/mol. The molecule has 0 radical (unpaired) electrons. The number of benzene rings is 1. The number of carbonyl (C=O) groups is 1. The summed E-state index contributed by atoms with van der Waals surface area (Å²) in [5.41, 5.74) is 2.47. The Labute approximate surface area is 173 Å². The Morgan fingerprint density at radius 3 is 2.72 bits per heavy atom. The second kappa shape index (κ2) is 8.41. The van der Waals surface area contributed by atoms with E-state index in [0.29, 0.717) is 18.0 Å². The third-order valence-corrected chi connectivity index (χ3v) is 6.95. The van der Waals surface area contributed by atoms with Gasteiger partial charge in [0.05, 0.1) is 11.4 Å². The Bertz CT molecular complexity index is 852. The molecule has 1 aliphatic carbocycles. The molecule has 0 unspecified atom stereocenters. The van der Waals surface area contributed by atoms with Gasteiger partial charge in [-0.1, -0.05) is 18.2 Å². The fourth-order valence-corrected chi connectivity index (χ4v) is 5.09. The summed E-state index contributed by atoms with van der Waals surface area (Å²) >= 11 is 0. The highest BCUT2D eigenvalue weighted by Crippen LogP contribution is 2.27. The van der Waals surface area contributed by atoms with Crippen molar-refractivity contribution in [2.24, 2.45) is 5.92 Å². The minimum absolute atomic E-state index is 0.200. The second-order valence-electron chi connectivity index (χ2n) is 9.11. The zero-order chi connectivity index (χ0) is 19.6. The Morgan fingerprint density at radius 2 is 1.90 bits per heavy atom. The summed E-state index contributed by atoms with van der Waals surface area (Å²) in [4.78, 5) is 22.2. The molecular formula is C24H32N4O. The number of pyridine rings is 1. The maximum atomic E-state index is 12.5. The first-order chi connectivity index (χ1) is 14.3. The number of amides is 1. The third kappa shape index (κ3) is 4.46. The van der Waals surface area contributed by atoms with E-state index >= 15 is 0 Å². The van der Waals surface area contributed by atoms with Gasteiger partial charge in [-0.05, 0) is 75.9 Å². The van der Waals surface area contributed by atoms with Crippen LogP contribution in [0, 0.1) is 5.92 Å². The van der Waals surface area contributed by atoms with Gasteiger partial charge >= 0.3 is 0 Å². The molecular weight excluding hydrogens is 360 g/mol. The zero-order valence-corrected chi connectivity index (χ0v) is 17.2. The lowest BCUT2D eigenvalue weighted by Gasteiger charge is -2.42. The first kappa shape index (κ1) is 19.0. The fraction of sp³-hybridized carbons (Fsp3) is 0.583. The highest BCUT2D eigenvalue weighted by molar-refractivity contribution is 5.82. The number of carbonyl (C=O) groups excluding carboxylic acids is 1. The predicted molar refractivity (Wildman–Crippen MR) is 116 cm³/mol. The molecule has 5 rings (SSSR count). The van der Waals surface area contributed by atoms with Crippen LogP contribution in [0.2, 0.25) is 0 Å². The number of likely N-dealkylation sites (tertiary alicyclic amines) is 2. The van der Waals surface area contributed by atoms with E-state index in [9.17, 15) is 4.79 Å². The van der Waals surface area contributed by atoms with Gasteiger partial charge in [0.25, 0.3) is 0 Å². The second-order valence-corrected chi connectivity index (χ2v) is 9.11. The van der Waals surface area contributed by atoms with Crippen molar-refractivity contribution in [1.29, 1.82) is 0 Å². The first-order valence-electron chi connectivity index (χ1n) is 11.4. The van der Waals surface area contributed by atoms with Crippen LogP contribution in [0.5, 0.6) is 0 Å². The molecule has 1 saturated carbocycles. The van der Waals surface area contributed by atoms with Crippen LogP contribution in [-0.2, 0) is 11.3 Å². The number of fused-ring (bicyclic) bond motifs is 1. The predicted octanol–water partition coefficient (Wildman–Crippen LogP) is 3.19. The van der Waals surface area contributed by atoms with Crippen molar-refractivity contribution >= 4 is 16.8 Å². The van der Waals surface area contributed by atoms with Gasteiger partial charge in [-0.3, -0.25) is 19.6 Å². The molecule has 1 aromatic heterocycles. The molecule has 3 fully saturated rings. The van der Waals surface area contributed by atoms with Gasteiger partial charge in [-0.25, -0.2) is 0 Å². The molecule has 5 heteroatoms. The Morgan fingerprint density at radius 1 is 1.03 bits per heavy atom. The molecule has 5 nitrogen and oxygen atoms in total. The topological polar surface area (TPSA) is 48.5 Å². The number of piperidine rings is 2. The number of rotatable bonds is 5. The van der Waals surface area contributed by atoms with E-state index in [-0.39, 0.29) is 5.92 Å². The normalized spacial score (nSPS) is 24.6. The van der Waals surface area contributed by atoms with Gasteiger partial charge in [-0.15, -0.1) is 0 Å². The van der Waals surface area contributed by atoms with Crippen LogP contribution in [0.1, 0.15) is 44.1 Å². The van der Waals surface area contributed by atoms with Crippen LogP contribution in [0.15, 0.2) is 36.5 Å². The summed E-state index contributed by atoms with van der Waals surface area (Å²) < 4.78 is 0. The van der Waals surface area contributed by atoms with Crippen molar-refractivity contribution in [2.75, 3.05) is 26.2 Å². The fourth-order valence-electron chi connectivity index (χ4n) is 5.09. The number of nitrogens with zero attached hydrogens (tertiary/aromatic N) is 3. The quantitative estimate of drug-likeness (QED) is 0.849. The molecule has 2 aliphatic heterocycles. The standard InChI is InChI=1S/C24H32N4O/c29-24(26-20-8-9-20)19-5-3-13-28(17-19)21-10-14-27(15-11-21)16-18-4-1-7-23-22(18)6-2-12-25-23/h1-2,4,6-7,12,19-21H,3,5,8-11,13-17H2,(H,26,29)/t19-/m0/s1. The van der Waals surface area contributed by atoms with E-state index in [2.05, 4.69) is 44.4 Å². The van der Waals surface area contributed by atoms with Gasteiger partial charge < -0.3 is 5.32 Å². The minimum Gasteiger partial charge on any atom is -0.353 e. The molecule has 154 valence electrons. The van der Waals surface area contributed by atoms with E-state index in [1.54, 1.807) is 0 Å². The van der Waals surface area contributed by atoms with Crippen molar-refractivity contribution in [1.82, 2.24) is 20.1 Å². The van der Waals surface area contributed by atoms with Crippen LogP contribution in [0.3, 0.4) is 0 Å². The zero-order valence-electron chi connectivity index (χ0n) is 17.2. The van der Waals surface area contributed by atoms with Gasteiger partial charge in [0.2, 0.25) is 5.91 Å². The highest BCUT2D eigenvalue weighted by Gasteiger charge is 2.33. The summed E-state index contributed by atoms with van der Waals surface area (Å²) in [7, 11) is 0. The molecule has 1 atom stereocenters. The molecule has 1 aromatic carbocycles. The Hall–Kier alpha value is -1.98. The molecule has 0 bridgehead atoms. The number of nitrogens with one attached hydrogen (secondary N) is 1. The van der Waals surface area contributed by atoms with Crippen LogP contribution >= 0.6 is 0 Å². The van der Waals surface area contributed by atoms with Crippen molar-refractivity contribution in [3.8, 4) is 0 Å². The summed E-state index contributed by atoms with van der Waals surface area (Å²) in [6.07, 6.45) is 8.85. The smallest absolute Gasteiger partial charge is 0.224 e. The van der Waals surface area contributed by atoms with Crippen molar-refractivity contribution in [2.45, 2.75) is 57.2 Å². The van der Waals surface area contributed by atoms with E-state index in [0.717, 1.165) is 51.1 Å². The average Bonchev–Trinajstić information content (AvgIpc) is 3.59. The van der Waals surface area contributed by atoms with Crippen LogP contribution in [0.4, 0.5) is 0 Å². The van der Waals surface area contributed by atoms with Crippen molar-refractivity contribution in [3.63, 3.8) is 0 Å². The van der Waals surface area contributed by atoms with Crippen LogP contribution in [0.25, 0.3) is 10.9 Å². The lowest BCUT2D eigenvalue weighted by atomic mass is 9.93. The monoisotopic (exact) mass is 392 g/mol. The van der Waals surface area contributed by atoms with Gasteiger partial charge in [0.1, 0.15) is 0 Å². The number of hydrogen-bond donors (Lipinski definition) is 1. The number of aromatic nitrogens is 1. The van der Waals surface area contributed by atoms with Crippen LogP contribution in [-0.4, -0.2) is 59.0 Å². The molecule has 1 N–H and O–H groups in total. The maximum Gasteiger partial charge on any atom is 0.224 e. The van der Waals surface area contributed by atoms with E-state index in [1.165, 1.54) is 36.6 Å². The summed E-state index contributed by atoms with van der Waals surface area (Å²) in [5.74, 6) is 0.504. The Kier molecular flexibility index (Phi) is 5.51. The molecule has 3 heterocycles. The molecule has 2 aromatic rings. The first-order valence-corrected chi connectivity index (χ1v) is 11.4. The van der Waals surface area contributed by atoms with Gasteiger partial charge in [0.15, 0.2) is 0 Å². The van der Waals surface area contributed by atoms with E-state index in [1.807, 2.05) is 12.3 Å². The van der Waals surface area contributed by atoms with E-state index < -0.39 is 0 Å². The van der Waals surface area contributed by atoms with Crippen molar-refractivity contribution < 1.29 is 4.79 Å². The molecule has 2 saturated heterocycles. The lowest BCUT2D eigenvalue weighted by molar-refractivity contribution is -0.127. The van der Waals surface area contributed by atoms with E-state index in [4.69, 9.17) is 0 Å². The minimum atomic E-state index is 0.200. The SMILES string of the molecule is O=C(NC1CC1)[C@H]1CCCN(C2CCN(Cc3cccc4ncccc34)CC2)C1. The Balaban J connectivity index is 1.15. The summed E-state index contributed by atoms with van der Waals surface area (Å²) in [6.45, 7) is 5.39. The highest BCUT2D eigenvalue weighted by atomic mass is 16.2. The summed E-state index contributed by atoms with van der Waals surface area (Å²) in [5, 5.41) is 4.49. The largest absolute Gasteiger partial charge is 0.353 e.